The summed E-state index contributed by atoms with van der Waals surface area (Å²) in [6.07, 6.45) is 3.27. The van der Waals surface area contributed by atoms with E-state index in [-0.39, 0.29) is 11.6 Å². The SMILES string of the molecule is NNC(c1ccccc1N)C1CCOC2(CCSC2)C1. The molecule has 2 aliphatic rings. The number of nitrogens with one attached hydrogen (secondary N) is 1. The summed E-state index contributed by atoms with van der Waals surface area (Å²) in [5.74, 6) is 8.65. The van der Waals surface area contributed by atoms with Gasteiger partial charge in [-0.05, 0) is 42.6 Å². The first-order valence-electron chi connectivity index (χ1n) is 7.26. The van der Waals surface area contributed by atoms with Crippen LogP contribution in [0.25, 0.3) is 0 Å². The molecule has 1 aromatic carbocycles. The van der Waals surface area contributed by atoms with Crippen LogP contribution in [0.15, 0.2) is 24.3 Å². The second-order valence-corrected chi connectivity index (χ2v) is 6.97. The molecule has 0 bridgehead atoms. The normalized spacial score (nSPS) is 31.6. The fourth-order valence-electron chi connectivity index (χ4n) is 3.49. The van der Waals surface area contributed by atoms with Crippen molar-refractivity contribution >= 4 is 17.4 Å². The van der Waals surface area contributed by atoms with E-state index >= 15 is 0 Å². The van der Waals surface area contributed by atoms with Crippen molar-refractivity contribution in [2.75, 3.05) is 23.8 Å². The molecular formula is C15H23N3OS. The molecule has 110 valence electrons. The Morgan fingerprint density at radius 3 is 2.95 bits per heavy atom. The highest BCUT2D eigenvalue weighted by Crippen LogP contribution is 2.44. The van der Waals surface area contributed by atoms with Gasteiger partial charge in [0.15, 0.2) is 0 Å². The fraction of sp³-hybridized carbons (Fsp3) is 0.600. The Kier molecular flexibility index (Phi) is 4.21. The third kappa shape index (κ3) is 2.68. The lowest BCUT2D eigenvalue weighted by Gasteiger charge is -2.41. The molecule has 5 heteroatoms. The van der Waals surface area contributed by atoms with Crippen LogP contribution >= 0.6 is 11.8 Å². The van der Waals surface area contributed by atoms with Crippen molar-refractivity contribution in [1.29, 1.82) is 0 Å². The van der Waals surface area contributed by atoms with Crippen LogP contribution in [0, 0.1) is 5.92 Å². The average Bonchev–Trinajstić information content (AvgIpc) is 2.90. The number of nitrogen functional groups attached to an aromatic ring is 1. The summed E-state index contributed by atoms with van der Waals surface area (Å²) < 4.78 is 6.10. The summed E-state index contributed by atoms with van der Waals surface area (Å²) in [4.78, 5) is 0. The number of benzene rings is 1. The molecule has 5 N–H and O–H groups in total. The largest absolute Gasteiger partial charge is 0.398 e. The molecular weight excluding hydrogens is 270 g/mol. The van der Waals surface area contributed by atoms with Gasteiger partial charge >= 0.3 is 0 Å². The summed E-state index contributed by atoms with van der Waals surface area (Å²) in [7, 11) is 0. The van der Waals surface area contributed by atoms with E-state index < -0.39 is 0 Å². The first-order valence-corrected chi connectivity index (χ1v) is 8.42. The molecule has 2 aliphatic heterocycles. The van der Waals surface area contributed by atoms with Crippen molar-refractivity contribution in [2.45, 2.75) is 30.9 Å². The Hall–Kier alpha value is -0.750. The quantitative estimate of drug-likeness (QED) is 0.452. The van der Waals surface area contributed by atoms with E-state index in [0.29, 0.717) is 5.92 Å². The minimum atomic E-state index is 0.0756. The standard InChI is InChI=1S/C15H23N3OS/c16-13-4-2-1-3-12(13)14(18-17)11-5-7-19-15(9-11)6-8-20-10-15/h1-4,11,14,18H,5-10,16-17H2. The zero-order valence-corrected chi connectivity index (χ0v) is 12.5. The number of thioether (sulfide) groups is 1. The lowest BCUT2D eigenvalue weighted by molar-refractivity contribution is -0.0854. The number of para-hydroxylation sites is 1. The van der Waals surface area contributed by atoms with Gasteiger partial charge in [0.25, 0.3) is 0 Å². The van der Waals surface area contributed by atoms with Crippen molar-refractivity contribution in [2.24, 2.45) is 11.8 Å². The lowest BCUT2D eigenvalue weighted by Crippen LogP contribution is -2.45. The molecule has 20 heavy (non-hydrogen) atoms. The van der Waals surface area contributed by atoms with E-state index in [1.165, 1.54) is 5.75 Å². The van der Waals surface area contributed by atoms with E-state index in [2.05, 4.69) is 11.5 Å². The zero-order chi connectivity index (χ0) is 14.0. The number of hydrogen-bond donors (Lipinski definition) is 3. The van der Waals surface area contributed by atoms with Crippen LogP contribution in [-0.4, -0.2) is 23.7 Å². The van der Waals surface area contributed by atoms with Gasteiger partial charge in [0.2, 0.25) is 0 Å². The second-order valence-electron chi connectivity index (χ2n) is 5.86. The summed E-state index contributed by atoms with van der Waals surface area (Å²) >= 11 is 2.00. The predicted octanol–water partition coefficient (Wildman–Crippen LogP) is 2.08. The van der Waals surface area contributed by atoms with Crippen LogP contribution in [-0.2, 0) is 4.74 Å². The van der Waals surface area contributed by atoms with Crippen LogP contribution in [0.1, 0.15) is 30.9 Å². The van der Waals surface area contributed by atoms with Gasteiger partial charge in [0.05, 0.1) is 11.6 Å². The predicted molar refractivity (Wildman–Crippen MR) is 84.3 cm³/mol. The lowest BCUT2D eigenvalue weighted by atomic mass is 9.79. The maximum Gasteiger partial charge on any atom is 0.0783 e. The molecule has 2 saturated heterocycles. The number of anilines is 1. The number of hydrazine groups is 1. The summed E-state index contributed by atoms with van der Waals surface area (Å²) in [5.41, 5.74) is 11.1. The molecule has 0 aromatic heterocycles. The van der Waals surface area contributed by atoms with Crippen molar-refractivity contribution in [1.82, 2.24) is 5.43 Å². The van der Waals surface area contributed by atoms with Crippen LogP contribution in [0.5, 0.6) is 0 Å². The molecule has 3 atom stereocenters. The number of nitrogens with two attached hydrogens (primary N) is 2. The third-order valence-corrected chi connectivity index (χ3v) is 5.80. The topological polar surface area (TPSA) is 73.3 Å². The van der Waals surface area contributed by atoms with E-state index in [4.69, 9.17) is 16.3 Å². The molecule has 3 unspecified atom stereocenters. The smallest absolute Gasteiger partial charge is 0.0783 e. The first kappa shape index (κ1) is 14.2. The summed E-state index contributed by atoms with van der Waals surface area (Å²) in [6, 6.07) is 8.12. The molecule has 0 amide bonds. The Bertz CT molecular complexity index is 462. The number of rotatable bonds is 3. The van der Waals surface area contributed by atoms with Crippen molar-refractivity contribution in [3.8, 4) is 0 Å². The van der Waals surface area contributed by atoms with Crippen LogP contribution in [0.3, 0.4) is 0 Å². The van der Waals surface area contributed by atoms with E-state index in [1.54, 1.807) is 0 Å². The number of ether oxygens (including phenoxy) is 1. The van der Waals surface area contributed by atoms with Gasteiger partial charge in [-0.25, -0.2) is 0 Å². The molecule has 2 fully saturated rings. The second kappa shape index (κ2) is 5.93. The molecule has 2 heterocycles. The van der Waals surface area contributed by atoms with Gasteiger partial charge in [0, 0.05) is 18.0 Å². The Labute approximate surface area is 124 Å². The minimum absolute atomic E-state index is 0.0756. The van der Waals surface area contributed by atoms with Crippen molar-refractivity contribution < 1.29 is 4.74 Å². The van der Waals surface area contributed by atoms with Crippen LogP contribution in [0.4, 0.5) is 5.69 Å². The summed E-state index contributed by atoms with van der Waals surface area (Å²) in [6.45, 7) is 0.830. The molecule has 1 aromatic rings. The van der Waals surface area contributed by atoms with Gasteiger partial charge in [-0.2, -0.15) is 11.8 Å². The van der Waals surface area contributed by atoms with Crippen molar-refractivity contribution in [3.05, 3.63) is 29.8 Å². The molecule has 4 nitrogen and oxygen atoms in total. The van der Waals surface area contributed by atoms with E-state index in [0.717, 1.165) is 42.9 Å². The Balaban J connectivity index is 1.81. The maximum absolute atomic E-state index is 6.12. The van der Waals surface area contributed by atoms with E-state index in [9.17, 15) is 0 Å². The van der Waals surface area contributed by atoms with Gasteiger partial charge < -0.3 is 10.5 Å². The maximum atomic E-state index is 6.12. The number of hydrogen-bond acceptors (Lipinski definition) is 5. The molecule has 3 rings (SSSR count). The van der Waals surface area contributed by atoms with E-state index in [1.807, 2.05) is 30.0 Å². The highest BCUT2D eigenvalue weighted by Gasteiger charge is 2.42. The van der Waals surface area contributed by atoms with Gasteiger partial charge in [-0.3, -0.25) is 11.3 Å². The van der Waals surface area contributed by atoms with Crippen molar-refractivity contribution in [3.63, 3.8) is 0 Å². The highest BCUT2D eigenvalue weighted by atomic mass is 32.2. The Morgan fingerprint density at radius 1 is 1.40 bits per heavy atom. The average molecular weight is 293 g/mol. The van der Waals surface area contributed by atoms with Gasteiger partial charge in [-0.15, -0.1) is 0 Å². The van der Waals surface area contributed by atoms with Crippen LogP contribution in [0.2, 0.25) is 0 Å². The molecule has 0 radical (unpaired) electrons. The van der Waals surface area contributed by atoms with Gasteiger partial charge in [-0.1, -0.05) is 18.2 Å². The summed E-state index contributed by atoms with van der Waals surface area (Å²) in [5, 5.41) is 0. The Morgan fingerprint density at radius 2 is 2.25 bits per heavy atom. The molecule has 1 spiro atoms. The monoisotopic (exact) mass is 293 g/mol. The fourth-order valence-corrected chi connectivity index (χ4v) is 4.87. The highest BCUT2D eigenvalue weighted by molar-refractivity contribution is 7.99. The third-order valence-electron chi connectivity index (χ3n) is 4.58. The van der Waals surface area contributed by atoms with Gasteiger partial charge in [0.1, 0.15) is 0 Å². The molecule has 0 saturated carbocycles. The van der Waals surface area contributed by atoms with Crippen LogP contribution < -0.4 is 17.0 Å². The zero-order valence-electron chi connectivity index (χ0n) is 11.7. The first-order chi connectivity index (χ1) is 9.74. The molecule has 0 aliphatic carbocycles. The minimum Gasteiger partial charge on any atom is -0.398 e.